The number of anilines is 1. The maximum absolute atomic E-state index is 13.8. The highest BCUT2D eigenvalue weighted by Gasteiger charge is 2.14. The molecule has 0 amide bonds. The summed E-state index contributed by atoms with van der Waals surface area (Å²) in [4.78, 5) is 7.88. The Bertz CT molecular complexity index is 375. The summed E-state index contributed by atoms with van der Waals surface area (Å²) in [5.41, 5.74) is 0.489. The van der Waals surface area contributed by atoms with Crippen molar-refractivity contribution in [3.8, 4) is 0 Å². The summed E-state index contributed by atoms with van der Waals surface area (Å²) in [6, 6.07) is 0. The molecule has 1 aliphatic carbocycles. The second-order valence-corrected chi connectivity index (χ2v) is 5.06. The molecule has 1 fully saturated rings. The maximum atomic E-state index is 13.8. The number of rotatable bonds is 6. The topological polar surface area (TPSA) is 37.8 Å². The Kier molecular flexibility index (Phi) is 4.90. The zero-order chi connectivity index (χ0) is 12.8. The second kappa shape index (κ2) is 6.66. The van der Waals surface area contributed by atoms with Gasteiger partial charge in [0.15, 0.2) is 11.6 Å². The van der Waals surface area contributed by atoms with Gasteiger partial charge in [0, 0.05) is 6.54 Å². The molecule has 1 aromatic rings. The Balaban J connectivity index is 1.75. The molecule has 0 radical (unpaired) electrons. The van der Waals surface area contributed by atoms with E-state index in [9.17, 15) is 4.39 Å². The SMILES string of the molecule is CCc1ncnc(NCCCC2CCCC2)c1F. The van der Waals surface area contributed by atoms with Crippen LogP contribution in [0.25, 0.3) is 0 Å². The van der Waals surface area contributed by atoms with Gasteiger partial charge in [-0.3, -0.25) is 0 Å². The lowest BCUT2D eigenvalue weighted by Gasteiger charge is -2.10. The zero-order valence-electron chi connectivity index (χ0n) is 11.1. The molecule has 0 atom stereocenters. The van der Waals surface area contributed by atoms with Crippen LogP contribution in [-0.2, 0) is 6.42 Å². The zero-order valence-corrected chi connectivity index (χ0v) is 11.1. The van der Waals surface area contributed by atoms with Crippen LogP contribution in [0.15, 0.2) is 6.33 Å². The minimum absolute atomic E-state index is 0.291. The fourth-order valence-corrected chi connectivity index (χ4v) is 2.67. The first-order valence-corrected chi connectivity index (χ1v) is 7.04. The quantitative estimate of drug-likeness (QED) is 0.785. The molecule has 0 saturated heterocycles. The molecule has 0 spiro atoms. The molecule has 0 aromatic carbocycles. The molecule has 3 nitrogen and oxygen atoms in total. The normalized spacial score (nSPS) is 16.1. The van der Waals surface area contributed by atoms with Gasteiger partial charge < -0.3 is 5.32 Å². The Morgan fingerprint density at radius 3 is 2.83 bits per heavy atom. The van der Waals surface area contributed by atoms with E-state index in [2.05, 4.69) is 15.3 Å². The van der Waals surface area contributed by atoms with E-state index in [0.29, 0.717) is 17.9 Å². The first kappa shape index (κ1) is 13.2. The lowest BCUT2D eigenvalue weighted by atomic mass is 10.0. The van der Waals surface area contributed by atoms with Gasteiger partial charge in [0.05, 0.1) is 5.69 Å². The van der Waals surface area contributed by atoms with Gasteiger partial charge in [-0.15, -0.1) is 0 Å². The van der Waals surface area contributed by atoms with E-state index in [1.165, 1.54) is 38.4 Å². The first-order chi connectivity index (χ1) is 8.81. The molecule has 4 heteroatoms. The van der Waals surface area contributed by atoms with E-state index < -0.39 is 0 Å². The molecule has 0 aliphatic heterocycles. The summed E-state index contributed by atoms with van der Waals surface area (Å²) in [5, 5.41) is 3.09. The molecule has 18 heavy (non-hydrogen) atoms. The number of aryl methyl sites for hydroxylation is 1. The summed E-state index contributed by atoms with van der Waals surface area (Å²) in [7, 11) is 0. The molecule has 1 aromatic heterocycles. The summed E-state index contributed by atoms with van der Waals surface area (Å²) in [5.74, 6) is 0.961. The second-order valence-electron chi connectivity index (χ2n) is 5.06. The van der Waals surface area contributed by atoms with E-state index in [0.717, 1.165) is 18.9 Å². The maximum Gasteiger partial charge on any atom is 0.186 e. The molecule has 100 valence electrons. The minimum atomic E-state index is -0.291. The highest BCUT2D eigenvalue weighted by Crippen LogP contribution is 2.28. The third-order valence-corrected chi connectivity index (χ3v) is 3.75. The van der Waals surface area contributed by atoms with Crippen LogP contribution in [0.5, 0.6) is 0 Å². The van der Waals surface area contributed by atoms with Crippen molar-refractivity contribution in [2.45, 2.75) is 51.9 Å². The smallest absolute Gasteiger partial charge is 0.186 e. The molecule has 1 N–H and O–H groups in total. The van der Waals surface area contributed by atoms with Gasteiger partial charge in [0.2, 0.25) is 0 Å². The van der Waals surface area contributed by atoms with Crippen LogP contribution < -0.4 is 5.32 Å². The van der Waals surface area contributed by atoms with Crippen molar-refractivity contribution < 1.29 is 4.39 Å². The highest BCUT2D eigenvalue weighted by molar-refractivity contribution is 5.37. The van der Waals surface area contributed by atoms with Gasteiger partial charge in [-0.1, -0.05) is 32.6 Å². The fourth-order valence-electron chi connectivity index (χ4n) is 2.67. The third-order valence-electron chi connectivity index (χ3n) is 3.75. The van der Waals surface area contributed by atoms with Crippen LogP contribution >= 0.6 is 0 Å². The third kappa shape index (κ3) is 3.40. The standard InChI is InChI=1S/C14H22FN3/c1-2-12-13(15)14(18-10-17-12)16-9-5-8-11-6-3-4-7-11/h10-11H,2-9H2,1H3,(H,16,17,18). The van der Waals surface area contributed by atoms with Crippen LogP contribution in [0.1, 0.15) is 51.1 Å². The van der Waals surface area contributed by atoms with Crippen molar-refractivity contribution in [3.05, 3.63) is 17.8 Å². The molecular formula is C14H22FN3. The summed E-state index contributed by atoms with van der Waals surface area (Å²) in [6.45, 7) is 2.70. The molecular weight excluding hydrogens is 229 g/mol. The average molecular weight is 251 g/mol. The van der Waals surface area contributed by atoms with Crippen molar-refractivity contribution in [3.63, 3.8) is 0 Å². The van der Waals surface area contributed by atoms with E-state index in [4.69, 9.17) is 0 Å². The van der Waals surface area contributed by atoms with Gasteiger partial charge >= 0.3 is 0 Å². The number of aromatic nitrogens is 2. The van der Waals surface area contributed by atoms with Crippen LogP contribution in [0, 0.1) is 11.7 Å². The number of hydrogen-bond donors (Lipinski definition) is 1. The van der Waals surface area contributed by atoms with Crippen molar-refractivity contribution in [2.75, 3.05) is 11.9 Å². The van der Waals surface area contributed by atoms with Crippen LogP contribution in [-0.4, -0.2) is 16.5 Å². The fraction of sp³-hybridized carbons (Fsp3) is 0.714. The van der Waals surface area contributed by atoms with Gasteiger partial charge in [0.1, 0.15) is 6.33 Å². The lowest BCUT2D eigenvalue weighted by Crippen LogP contribution is -2.09. The number of nitrogens with zero attached hydrogens (tertiary/aromatic N) is 2. The van der Waals surface area contributed by atoms with Gasteiger partial charge in [-0.05, 0) is 25.2 Å². The van der Waals surface area contributed by atoms with E-state index in [1.54, 1.807) is 0 Å². The molecule has 1 heterocycles. The van der Waals surface area contributed by atoms with Crippen molar-refractivity contribution in [1.29, 1.82) is 0 Å². The monoisotopic (exact) mass is 251 g/mol. The number of nitrogens with one attached hydrogen (secondary N) is 1. The predicted octanol–water partition coefficient (Wildman–Crippen LogP) is 3.56. The van der Waals surface area contributed by atoms with E-state index >= 15 is 0 Å². The molecule has 0 bridgehead atoms. The van der Waals surface area contributed by atoms with Crippen LogP contribution in [0.4, 0.5) is 10.2 Å². The van der Waals surface area contributed by atoms with Crippen LogP contribution in [0.3, 0.4) is 0 Å². The Labute approximate surface area is 108 Å². The summed E-state index contributed by atoms with van der Waals surface area (Å²) < 4.78 is 13.8. The predicted molar refractivity (Wildman–Crippen MR) is 71.0 cm³/mol. The molecule has 1 saturated carbocycles. The molecule has 2 rings (SSSR count). The van der Waals surface area contributed by atoms with Gasteiger partial charge in [0.25, 0.3) is 0 Å². The summed E-state index contributed by atoms with van der Waals surface area (Å²) >= 11 is 0. The first-order valence-electron chi connectivity index (χ1n) is 7.04. The van der Waals surface area contributed by atoms with Gasteiger partial charge in [-0.25, -0.2) is 14.4 Å². The minimum Gasteiger partial charge on any atom is -0.368 e. The number of halogens is 1. The Morgan fingerprint density at radius 1 is 1.33 bits per heavy atom. The van der Waals surface area contributed by atoms with Crippen molar-refractivity contribution >= 4 is 5.82 Å². The Hall–Kier alpha value is -1.19. The van der Waals surface area contributed by atoms with E-state index in [1.807, 2.05) is 6.92 Å². The number of hydrogen-bond acceptors (Lipinski definition) is 3. The average Bonchev–Trinajstić information content (AvgIpc) is 2.89. The lowest BCUT2D eigenvalue weighted by molar-refractivity contribution is 0.490. The van der Waals surface area contributed by atoms with Gasteiger partial charge in [-0.2, -0.15) is 0 Å². The van der Waals surface area contributed by atoms with E-state index in [-0.39, 0.29) is 5.82 Å². The summed E-state index contributed by atoms with van der Waals surface area (Å²) in [6.07, 6.45) is 9.91. The Morgan fingerprint density at radius 2 is 2.11 bits per heavy atom. The highest BCUT2D eigenvalue weighted by atomic mass is 19.1. The molecule has 1 aliphatic rings. The van der Waals surface area contributed by atoms with Crippen molar-refractivity contribution in [2.24, 2.45) is 5.92 Å². The van der Waals surface area contributed by atoms with Crippen LogP contribution in [0.2, 0.25) is 0 Å². The largest absolute Gasteiger partial charge is 0.368 e. The van der Waals surface area contributed by atoms with Crippen molar-refractivity contribution in [1.82, 2.24) is 9.97 Å². The molecule has 0 unspecified atom stereocenters.